The quantitative estimate of drug-likeness (QED) is 0.828. The highest BCUT2D eigenvalue weighted by Gasteiger charge is 2.42. The summed E-state index contributed by atoms with van der Waals surface area (Å²) in [6.07, 6.45) is 5.08. The lowest BCUT2D eigenvalue weighted by Crippen LogP contribution is -2.38. The van der Waals surface area contributed by atoms with E-state index in [1.165, 1.54) is 0 Å². The molecule has 110 valence electrons. The molecule has 0 aliphatic heterocycles. The van der Waals surface area contributed by atoms with Crippen molar-refractivity contribution in [2.45, 2.75) is 45.4 Å². The number of hydrogen-bond donors (Lipinski definition) is 1. The largest absolute Gasteiger partial charge is 0.481 e. The van der Waals surface area contributed by atoms with Crippen LogP contribution < -0.4 is 0 Å². The number of benzene rings is 1. The summed E-state index contributed by atoms with van der Waals surface area (Å²) in [5.41, 5.74) is 0.158. The molecule has 0 aromatic heterocycles. The number of hydrogen-bond acceptors (Lipinski definition) is 1. The van der Waals surface area contributed by atoms with Crippen LogP contribution in [0.3, 0.4) is 0 Å². The summed E-state index contributed by atoms with van der Waals surface area (Å²) in [5.74, 6) is -0.204. The molecule has 0 heterocycles. The molecule has 0 saturated heterocycles. The first-order valence-electron chi connectivity index (χ1n) is 7.14. The van der Waals surface area contributed by atoms with E-state index in [-0.39, 0.29) is 0 Å². The molecule has 1 fully saturated rings. The Labute approximate surface area is 130 Å². The zero-order valence-electron chi connectivity index (χ0n) is 11.7. The van der Waals surface area contributed by atoms with Gasteiger partial charge in [-0.2, -0.15) is 0 Å². The molecule has 2 atom stereocenters. The zero-order valence-corrected chi connectivity index (χ0v) is 13.2. The summed E-state index contributed by atoms with van der Waals surface area (Å²) in [6, 6.07) is 5.27. The van der Waals surface area contributed by atoms with Gasteiger partial charge in [0.15, 0.2) is 0 Å². The highest BCUT2D eigenvalue weighted by atomic mass is 35.5. The molecule has 0 spiro atoms. The fourth-order valence-corrected chi connectivity index (χ4v) is 3.69. The Balaban J connectivity index is 2.29. The van der Waals surface area contributed by atoms with E-state index in [1.807, 2.05) is 0 Å². The maximum Gasteiger partial charge on any atom is 0.309 e. The second-order valence-corrected chi connectivity index (χ2v) is 6.71. The van der Waals surface area contributed by atoms with Gasteiger partial charge in [0.1, 0.15) is 0 Å². The van der Waals surface area contributed by atoms with Gasteiger partial charge in [-0.05, 0) is 48.9 Å². The van der Waals surface area contributed by atoms with Crippen LogP contribution >= 0.6 is 23.2 Å². The van der Waals surface area contributed by atoms with Gasteiger partial charge in [-0.1, -0.05) is 49.4 Å². The summed E-state index contributed by atoms with van der Waals surface area (Å²) in [4.78, 5) is 11.9. The number of carboxylic acid groups (broad SMARTS) is 1. The van der Waals surface area contributed by atoms with E-state index in [2.05, 4.69) is 6.92 Å². The third kappa shape index (κ3) is 3.29. The fraction of sp³-hybridized carbons (Fsp3) is 0.562. The van der Waals surface area contributed by atoms with E-state index in [9.17, 15) is 9.90 Å². The van der Waals surface area contributed by atoms with Crippen LogP contribution in [0.1, 0.15) is 44.6 Å². The smallest absolute Gasteiger partial charge is 0.309 e. The molecular formula is C16H20Cl2O2. The van der Waals surface area contributed by atoms with Crippen molar-refractivity contribution >= 4 is 29.2 Å². The summed E-state index contributed by atoms with van der Waals surface area (Å²) in [5, 5.41) is 11.0. The van der Waals surface area contributed by atoms with E-state index in [0.717, 1.165) is 37.7 Å². The molecule has 2 rings (SSSR count). The van der Waals surface area contributed by atoms with Gasteiger partial charge in [-0.15, -0.1) is 0 Å². The molecule has 20 heavy (non-hydrogen) atoms. The van der Waals surface area contributed by atoms with E-state index in [4.69, 9.17) is 23.2 Å². The minimum Gasteiger partial charge on any atom is -0.481 e. The SMILES string of the molecule is CCC1CCCC(Cc2cc(Cl)ccc2Cl)(C(=O)O)C1. The molecule has 1 aromatic carbocycles. The molecule has 1 N–H and O–H groups in total. The van der Waals surface area contributed by atoms with Crippen LogP contribution in [0.2, 0.25) is 10.0 Å². The van der Waals surface area contributed by atoms with Crippen molar-refractivity contribution in [1.29, 1.82) is 0 Å². The van der Waals surface area contributed by atoms with E-state index in [0.29, 0.717) is 22.4 Å². The predicted molar refractivity (Wildman–Crippen MR) is 82.5 cm³/mol. The number of aliphatic carboxylic acids is 1. The average Bonchev–Trinajstić information content (AvgIpc) is 2.43. The standard InChI is InChI=1S/C16H20Cl2O2/c1-2-11-4-3-7-16(9-11,15(19)20)10-12-8-13(17)5-6-14(12)18/h5-6,8,11H,2-4,7,9-10H2,1H3,(H,19,20). The van der Waals surface area contributed by atoms with Gasteiger partial charge in [0.2, 0.25) is 0 Å². The molecule has 4 heteroatoms. The Bertz CT molecular complexity index is 501. The van der Waals surface area contributed by atoms with Gasteiger partial charge in [-0.3, -0.25) is 4.79 Å². The van der Waals surface area contributed by atoms with E-state index in [1.54, 1.807) is 18.2 Å². The van der Waals surface area contributed by atoms with Gasteiger partial charge in [-0.25, -0.2) is 0 Å². The van der Waals surface area contributed by atoms with Crippen LogP contribution in [0, 0.1) is 11.3 Å². The maximum atomic E-state index is 11.9. The molecule has 1 aromatic rings. The Hall–Kier alpha value is -0.730. The molecular weight excluding hydrogens is 295 g/mol. The summed E-state index contributed by atoms with van der Waals surface area (Å²) in [6.45, 7) is 2.13. The van der Waals surface area contributed by atoms with Crippen molar-refractivity contribution in [3.63, 3.8) is 0 Å². The third-order valence-corrected chi connectivity index (χ3v) is 5.12. The lowest BCUT2D eigenvalue weighted by Gasteiger charge is -2.37. The van der Waals surface area contributed by atoms with Crippen LogP contribution in [-0.4, -0.2) is 11.1 Å². The third-order valence-electron chi connectivity index (χ3n) is 4.51. The normalized spacial score (nSPS) is 26.4. The van der Waals surface area contributed by atoms with Crippen molar-refractivity contribution in [3.8, 4) is 0 Å². The molecule has 1 aliphatic rings. The van der Waals surface area contributed by atoms with Gasteiger partial charge in [0.05, 0.1) is 5.41 Å². The van der Waals surface area contributed by atoms with Crippen molar-refractivity contribution in [2.75, 3.05) is 0 Å². The minimum atomic E-state index is -0.702. The molecule has 0 bridgehead atoms. The van der Waals surface area contributed by atoms with Gasteiger partial charge < -0.3 is 5.11 Å². The number of carbonyl (C=O) groups is 1. The Kier molecular flexibility index (Phi) is 4.98. The van der Waals surface area contributed by atoms with Crippen LogP contribution in [0.4, 0.5) is 0 Å². The van der Waals surface area contributed by atoms with Gasteiger partial charge >= 0.3 is 5.97 Å². The molecule has 2 unspecified atom stereocenters. The first-order valence-corrected chi connectivity index (χ1v) is 7.90. The Morgan fingerprint density at radius 3 is 2.85 bits per heavy atom. The highest BCUT2D eigenvalue weighted by Crippen LogP contribution is 2.44. The molecule has 1 aliphatic carbocycles. The molecule has 1 saturated carbocycles. The number of halogens is 2. The molecule has 0 amide bonds. The minimum absolute atomic E-state index is 0.470. The van der Waals surface area contributed by atoms with Crippen molar-refractivity contribution in [3.05, 3.63) is 33.8 Å². The Morgan fingerprint density at radius 2 is 2.20 bits per heavy atom. The highest BCUT2D eigenvalue weighted by molar-refractivity contribution is 6.33. The Morgan fingerprint density at radius 1 is 1.45 bits per heavy atom. The summed E-state index contributed by atoms with van der Waals surface area (Å²) < 4.78 is 0. The predicted octanol–water partition coefficient (Wildman–Crippen LogP) is 5.21. The fourth-order valence-electron chi connectivity index (χ4n) is 3.31. The van der Waals surface area contributed by atoms with Crippen molar-refractivity contribution in [1.82, 2.24) is 0 Å². The summed E-state index contributed by atoms with van der Waals surface area (Å²) >= 11 is 12.2. The molecule has 2 nitrogen and oxygen atoms in total. The van der Waals surface area contributed by atoms with E-state index >= 15 is 0 Å². The van der Waals surface area contributed by atoms with Crippen LogP contribution in [0.5, 0.6) is 0 Å². The first-order chi connectivity index (χ1) is 9.47. The second-order valence-electron chi connectivity index (χ2n) is 5.87. The zero-order chi connectivity index (χ0) is 14.8. The lowest BCUT2D eigenvalue weighted by molar-refractivity contribution is -0.152. The topological polar surface area (TPSA) is 37.3 Å². The van der Waals surface area contributed by atoms with Crippen molar-refractivity contribution < 1.29 is 9.90 Å². The number of rotatable bonds is 4. The van der Waals surface area contributed by atoms with Crippen LogP contribution in [0.25, 0.3) is 0 Å². The summed E-state index contributed by atoms with van der Waals surface area (Å²) in [7, 11) is 0. The lowest BCUT2D eigenvalue weighted by atomic mass is 9.66. The monoisotopic (exact) mass is 314 g/mol. The average molecular weight is 315 g/mol. The van der Waals surface area contributed by atoms with Crippen molar-refractivity contribution in [2.24, 2.45) is 11.3 Å². The van der Waals surface area contributed by atoms with Gasteiger partial charge in [0.25, 0.3) is 0 Å². The first kappa shape index (κ1) is 15.7. The number of carboxylic acids is 1. The maximum absolute atomic E-state index is 11.9. The molecule has 0 radical (unpaired) electrons. The van der Waals surface area contributed by atoms with Crippen LogP contribution in [-0.2, 0) is 11.2 Å². The second kappa shape index (κ2) is 6.36. The van der Waals surface area contributed by atoms with Crippen LogP contribution in [0.15, 0.2) is 18.2 Å². The van der Waals surface area contributed by atoms with Gasteiger partial charge in [0, 0.05) is 10.0 Å². The van der Waals surface area contributed by atoms with E-state index < -0.39 is 11.4 Å².